The van der Waals surface area contributed by atoms with E-state index in [4.69, 9.17) is 11.5 Å². The predicted octanol–water partition coefficient (Wildman–Crippen LogP) is 1.94. The van der Waals surface area contributed by atoms with Crippen molar-refractivity contribution >= 4 is 36.6 Å². The quantitative estimate of drug-likeness (QED) is 0.647. The zero-order valence-corrected chi connectivity index (χ0v) is 18.3. The number of nitrogens with one attached hydrogen (secondary N) is 1. The van der Waals surface area contributed by atoms with Gasteiger partial charge in [0.25, 0.3) is 0 Å². The van der Waals surface area contributed by atoms with Crippen LogP contribution in [-0.2, 0) is 0 Å². The van der Waals surface area contributed by atoms with E-state index in [2.05, 4.69) is 45.9 Å². The van der Waals surface area contributed by atoms with Crippen LogP contribution in [0.4, 0.5) is 11.8 Å². The topological polar surface area (TPSA) is 96.3 Å². The molecule has 1 saturated heterocycles. The van der Waals surface area contributed by atoms with Gasteiger partial charge in [0.15, 0.2) is 0 Å². The minimum absolute atomic E-state index is 0. The maximum atomic E-state index is 5.91. The number of piperazine rings is 1. The van der Waals surface area contributed by atoms with Crippen LogP contribution < -0.4 is 16.8 Å². The Balaban J connectivity index is 0.00000182. The predicted molar refractivity (Wildman–Crippen MR) is 117 cm³/mol. The Bertz CT molecular complexity index is 585. The lowest BCUT2D eigenvalue weighted by molar-refractivity contribution is 0.0614. The van der Waals surface area contributed by atoms with Crippen LogP contribution in [0, 0.1) is 0 Å². The van der Waals surface area contributed by atoms with E-state index in [1.165, 1.54) is 0 Å². The van der Waals surface area contributed by atoms with Gasteiger partial charge < -0.3 is 21.7 Å². The van der Waals surface area contributed by atoms with Gasteiger partial charge in [-0.05, 0) is 33.2 Å². The fourth-order valence-electron chi connectivity index (χ4n) is 3.78. The van der Waals surface area contributed by atoms with Crippen molar-refractivity contribution in [3.8, 4) is 0 Å². The van der Waals surface area contributed by atoms with Crippen LogP contribution in [0.3, 0.4) is 0 Å². The first-order valence-electron chi connectivity index (χ1n) is 9.48. The van der Waals surface area contributed by atoms with Crippen LogP contribution in [-0.4, -0.2) is 70.6 Å². The highest BCUT2D eigenvalue weighted by molar-refractivity contribution is 5.85. The highest BCUT2D eigenvalue weighted by atomic mass is 35.5. The molecule has 7 nitrogen and oxygen atoms in total. The maximum Gasteiger partial charge on any atom is 0.222 e. The van der Waals surface area contributed by atoms with Gasteiger partial charge in [0, 0.05) is 56.3 Å². The van der Waals surface area contributed by atoms with Crippen molar-refractivity contribution in [3.63, 3.8) is 0 Å². The molecule has 1 aliphatic carbocycles. The number of anilines is 2. The molecule has 0 radical (unpaired) electrons. The van der Waals surface area contributed by atoms with E-state index in [1.54, 1.807) is 0 Å². The molecule has 0 spiro atoms. The summed E-state index contributed by atoms with van der Waals surface area (Å²) >= 11 is 0. The van der Waals surface area contributed by atoms with Gasteiger partial charge in [0.1, 0.15) is 5.82 Å². The Labute approximate surface area is 175 Å². The number of halogens is 2. The number of likely N-dealkylation sites (N-methyl/N-ethyl adjacent to an activating group) is 1. The Morgan fingerprint density at radius 1 is 1.15 bits per heavy atom. The number of hydrogen-bond donors (Lipinski definition) is 3. The van der Waals surface area contributed by atoms with Crippen molar-refractivity contribution < 1.29 is 0 Å². The highest BCUT2D eigenvalue weighted by Crippen LogP contribution is 2.35. The molecule has 2 fully saturated rings. The second-order valence-electron chi connectivity index (χ2n) is 8.05. The third-order valence-corrected chi connectivity index (χ3v) is 5.73. The molecule has 2 heterocycles. The molecule has 1 saturated carbocycles. The van der Waals surface area contributed by atoms with Crippen molar-refractivity contribution in [1.29, 1.82) is 0 Å². The van der Waals surface area contributed by atoms with E-state index in [0.29, 0.717) is 17.9 Å². The van der Waals surface area contributed by atoms with Crippen molar-refractivity contribution in [2.45, 2.75) is 51.1 Å². The van der Waals surface area contributed by atoms with Gasteiger partial charge >= 0.3 is 0 Å². The van der Waals surface area contributed by atoms with E-state index < -0.39 is 0 Å². The molecule has 0 atom stereocenters. The third kappa shape index (κ3) is 6.06. The fourth-order valence-corrected chi connectivity index (χ4v) is 3.78. The van der Waals surface area contributed by atoms with Gasteiger partial charge in [0.2, 0.25) is 5.95 Å². The van der Waals surface area contributed by atoms with E-state index >= 15 is 0 Å². The number of nitrogen functional groups attached to an aromatic ring is 1. The van der Waals surface area contributed by atoms with Crippen molar-refractivity contribution in [3.05, 3.63) is 11.8 Å². The van der Waals surface area contributed by atoms with Gasteiger partial charge in [-0.3, -0.25) is 4.90 Å². The number of nitrogens with two attached hydrogens (primary N) is 2. The highest BCUT2D eigenvalue weighted by Gasteiger charge is 2.31. The number of nitrogens with zero attached hydrogens (tertiary/aromatic N) is 4. The van der Waals surface area contributed by atoms with E-state index in [0.717, 1.165) is 63.6 Å². The Morgan fingerprint density at radius 3 is 2.33 bits per heavy atom. The van der Waals surface area contributed by atoms with Crippen LogP contribution in [0.2, 0.25) is 0 Å². The smallest absolute Gasteiger partial charge is 0.222 e. The lowest BCUT2D eigenvalue weighted by Crippen LogP contribution is -2.57. The van der Waals surface area contributed by atoms with Gasteiger partial charge in [-0.1, -0.05) is 6.92 Å². The molecule has 1 aromatic rings. The van der Waals surface area contributed by atoms with Gasteiger partial charge in [-0.25, -0.2) is 4.98 Å². The summed E-state index contributed by atoms with van der Waals surface area (Å²) in [5, 5.41) is 3.49. The molecule has 3 rings (SSSR count). The molecule has 5 N–H and O–H groups in total. The molecule has 0 amide bonds. The fraction of sp³-hybridized carbons (Fsp3) is 0.778. The molecular formula is C18H35Cl2N7. The van der Waals surface area contributed by atoms with Crippen LogP contribution in [0.25, 0.3) is 0 Å². The summed E-state index contributed by atoms with van der Waals surface area (Å²) in [6, 6.07) is 2.34. The molecule has 2 aliphatic rings. The Kier molecular flexibility index (Phi) is 9.02. The standard InChI is InChI=1S/C18H33N7.2ClH/c1-4-24-5-7-25(8-6-24)18(2,3)12-21-16-11-15(22-17(20)23-16)13-9-14(19)10-13;;/h11,13-14H,4-10,12,19H2,1-3H3,(H3,20,21,22,23);2*1H. The first-order valence-corrected chi connectivity index (χ1v) is 9.48. The molecular weight excluding hydrogens is 385 g/mol. The van der Waals surface area contributed by atoms with E-state index in [-0.39, 0.29) is 30.4 Å². The SMILES string of the molecule is CCN1CCN(C(C)(C)CNc2cc(C3CC(N)C3)nc(N)n2)CC1.Cl.Cl. The summed E-state index contributed by atoms with van der Waals surface area (Å²) < 4.78 is 0. The maximum absolute atomic E-state index is 5.91. The summed E-state index contributed by atoms with van der Waals surface area (Å²) in [4.78, 5) is 13.8. The van der Waals surface area contributed by atoms with Crippen molar-refractivity contribution in [1.82, 2.24) is 19.8 Å². The first kappa shape index (κ1) is 24.2. The minimum Gasteiger partial charge on any atom is -0.368 e. The lowest BCUT2D eigenvalue weighted by Gasteiger charge is -2.44. The molecule has 1 aliphatic heterocycles. The minimum atomic E-state index is 0. The first-order chi connectivity index (χ1) is 11.9. The number of rotatable bonds is 6. The molecule has 1 aromatic heterocycles. The van der Waals surface area contributed by atoms with Crippen molar-refractivity contribution in [2.24, 2.45) is 5.73 Å². The van der Waals surface area contributed by atoms with Gasteiger partial charge in [0.05, 0.1) is 5.69 Å². The molecule has 156 valence electrons. The average molecular weight is 420 g/mol. The second kappa shape index (κ2) is 10.1. The molecule has 9 heteroatoms. The zero-order chi connectivity index (χ0) is 18.0. The van der Waals surface area contributed by atoms with Gasteiger partial charge in [-0.15, -0.1) is 24.8 Å². The third-order valence-electron chi connectivity index (χ3n) is 5.73. The Hall–Kier alpha value is -0.860. The summed E-state index contributed by atoms with van der Waals surface area (Å²) in [6.07, 6.45) is 1.98. The summed E-state index contributed by atoms with van der Waals surface area (Å²) in [5.41, 5.74) is 12.9. The number of hydrogen-bond acceptors (Lipinski definition) is 7. The monoisotopic (exact) mass is 419 g/mol. The molecule has 0 aromatic carbocycles. The number of aromatic nitrogens is 2. The van der Waals surface area contributed by atoms with Crippen LogP contribution >= 0.6 is 24.8 Å². The lowest BCUT2D eigenvalue weighted by atomic mass is 9.78. The summed E-state index contributed by atoms with van der Waals surface area (Å²) in [5.74, 6) is 1.59. The normalized spacial score (nSPS) is 23.7. The van der Waals surface area contributed by atoms with Crippen LogP contribution in [0.5, 0.6) is 0 Å². The van der Waals surface area contributed by atoms with Gasteiger partial charge in [-0.2, -0.15) is 4.98 Å². The molecule has 0 unspecified atom stereocenters. The average Bonchev–Trinajstić information content (AvgIpc) is 2.57. The molecule has 0 bridgehead atoms. The molecule has 27 heavy (non-hydrogen) atoms. The van der Waals surface area contributed by atoms with E-state index in [1.807, 2.05) is 6.07 Å². The largest absolute Gasteiger partial charge is 0.368 e. The van der Waals surface area contributed by atoms with Crippen molar-refractivity contribution in [2.75, 3.05) is 50.3 Å². The summed E-state index contributed by atoms with van der Waals surface area (Å²) in [7, 11) is 0. The summed E-state index contributed by atoms with van der Waals surface area (Å²) in [6.45, 7) is 13.3. The zero-order valence-electron chi connectivity index (χ0n) is 16.6. The second-order valence-corrected chi connectivity index (χ2v) is 8.05. The van der Waals surface area contributed by atoms with E-state index in [9.17, 15) is 0 Å². The van der Waals surface area contributed by atoms with Crippen LogP contribution in [0.15, 0.2) is 6.07 Å². The Morgan fingerprint density at radius 2 is 1.78 bits per heavy atom. The van der Waals surface area contributed by atoms with Crippen LogP contribution in [0.1, 0.15) is 45.2 Å².